The van der Waals surface area contributed by atoms with E-state index in [2.05, 4.69) is 19.2 Å². The van der Waals surface area contributed by atoms with Gasteiger partial charge in [0.05, 0.1) is 31.1 Å². The molecule has 1 fully saturated rings. The lowest BCUT2D eigenvalue weighted by molar-refractivity contribution is -0.895. The molecule has 2 N–H and O–H groups in total. The molecule has 2 rings (SSSR count). The fourth-order valence-electron chi connectivity index (χ4n) is 3.49. The smallest absolute Gasteiger partial charge is 0.275 e. The van der Waals surface area contributed by atoms with Crippen molar-refractivity contribution in [3.05, 3.63) is 30.1 Å². The molecule has 1 saturated heterocycles. The minimum absolute atomic E-state index is 0.0198. The van der Waals surface area contributed by atoms with E-state index in [0.29, 0.717) is 45.2 Å². The Hall–Kier alpha value is -1.51. The van der Waals surface area contributed by atoms with Gasteiger partial charge >= 0.3 is 0 Å². The summed E-state index contributed by atoms with van der Waals surface area (Å²) in [6.45, 7) is 7.18. The van der Waals surface area contributed by atoms with Crippen molar-refractivity contribution in [3.63, 3.8) is 0 Å². The van der Waals surface area contributed by atoms with Crippen molar-refractivity contribution >= 4 is 15.9 Å². The van der Waals surface area contributed by atoms with Gasteiger partial charge in [-0.2, -0.15) is 4.31 Å². The third-order valence-electron chi connectivity index (χ3n) is 5.41. The number of halogens is 1. The Morgan fingerprint density at radius 2 is 2.00 bits per heavy atom. The van der Waals surface area contributed by atoms with Crippen LogP contribution in [0.15, 0.2) is 29.2 Å². The van der Waals surface area contributed by atoms with Crippen molar-refractivity contribution in [3.8, 4) is 0 Å². The number of nitrogens with one attached hydrogen (secondary N) is 2. The molecule has 0 unspecified atom stereocenters. The minimum atomic E-state index is -3.69. The van der Waals surface area contributed by atoms with Crippen LogP contribution in [0.3, 0.4) is 0 Å². The van der Waals surface area contributed by atoms with Crippen molar-refractivity contribution in [1.82, 2.24) is 9.62 Å². The number of amides is 1. The molecule has 0 bridgehead atoms. The third kappa shape index (κ3) is 6.53. The molecule has 1 aliphatic heterocycles. The van der Waals surface area contributed by atoms with E-state index >= 15 is 0 Å². The summed E-state index contributed by atoms with van der Waals surface area (Å²) in [5.41, 5.74) is 0. The van der Waals surface area contributed by atoms with E-state index in [1.807, 2.05) is 0 Å². The van der Waals surface area contributed by atoms with Crippen LogP contribution in [-0.2, 0) is 14.8 Å². The summed E-state index contributed by atoms with van der Waals surface area (Å²) in [7, 11) is -3.69. The van der Waals surface area contributed by atoms with Gasteiger partial charge in [0.2, 0.25) is 10.0 Å². The maximum absolute atomic E-state index is 13.4. The quantitative estimate of drug-likeness (QED) is 0.601. The second-order valence-electron chi connectivity index (χ2n) is 7.51. The van der Waals surface area contributed by atoms with Crippen LogP contribution in [0.5, 0.6) is 0 Å². The fourth-order valence-corrected chi connectivity index (χ4v) is 4.96. The summed E-state index contributed by atoms with van der Waals surface area (Å²) in [5.74, 6) is -0.0233. The Morgan fingerprint density at radius 1 is 1.29 bits per heavy atom. The second-order valence-corrected chi connectivity index (χ2v) is 9.45. The second kappa shape index (κ2) is 10.9. The van der Waals surface area contributed by atoms with Gasteiger partial charge in [-0.3, -0.25) is 4.79 Å². The molecule has 158 valence electrons. The maximum Gasteiger partial charge on any atom is 0.275 e. The number of carbonyl (C=O) groups excluding carboxylic acids is 1. The lowest BCUT2D eigenvalue weighted by Crippen LogP contribution is -3.15. The first-order valence-corrected chi connectivity index (χ1v) is 11.7. The molecular weight excluding hydrogens is 381 g/mol. The van der Waals surface area contributed by atoms with Crippen molar-refractivity contribution in [1.29, 1.82) is 0 Å². The van der Waals surface area contributed by atoms with Gasteiger partial charge in [0.1, 0.15) is 5.82 Å². The van der Waals surface area contributed by atoms with E-state index in [1.54, 1.807) is 0 Å². The highest BCUT2D eigenvalue weighted by Gasteiger charge is 2.31. The van der Waals surface area contributed by atoms with Crippen LogP contribution in [-0.4, -0.2) is 57.9 Å². The molecule has 0 saturated carbocycles. The summed E-state index contributed by atoms with van der Waals surface area (Å²) < 4.78 is 40.0. The molecule has 0 spiro atoms. The van der Waals surface area contributed by atoms with Crippen molar-refractivity contribution in [2.24, 2.45) is 5.92 Å². The number of rotatable bonds is 10. The Balaban J connectivity index is 1.79. The fraction of sp³-hybridized carbons (Fsp3) is 0.650. The third-order valence-corrected chi connectivity index (χ3v) is 7.30. The van der Waals surface area contributed by atoms with Crippen LogP contribution in [0.1, 0.15) is 39.5 Å². The van der Waals surface area contributed by atoms with Crippen LogP contribution < -0.4 is 10.2 Å². The molecule has 0 aliphatic carbocycles. The number of quaternary nitrogens is 1. The van der Waals surface area contributed by atoms with Crippen LogP contribution in [0.25, 0.3) is 0 Å². The molecule has 28 heavy (non-hydrogen) atoms. The molecule has 1 amide bonds. The average Bonchev–Trinajstić information content (AvgIpc) is 2.68. The molecule has 1 aromatic rings. The lowest BCUT2D eigenvalue weighted by atomic mass is 9.99. The Morgan fingerprint density at radius 3 is 2.61 bits per heavy atom. The van der Waals surface area contributed by atoms with Crippen LogP contribution in [0.2, 0.25) is 0 Å². The molecule has 0 aromatic heterocycles. The molecule has 1 heterocycles. The molecule has 8 heteroatoms. The van der Waals surface area contributed by atoms with Gasteiger partial charge in [-0.15, -0.1) is 0 Å². The summed E-state index contributed by atoms with van der Waals surface area (Å²) >= 11 is 0. The highest BCUT2D eigenvalue weighted by atomic mass is 32.2. The molecular formula is C20H33FN3O3S+. The summed E-state index contributed by atoms with van der Waals surface area (Å²) in [6.07, 6.45) is 4.54. The van der Waals surface area contributed by atoms with Crippen LogP contribution in [0.4, 0.5) is 4.39 Å². The molecule has 1 aliphatic rings. The minimum Gasteiger partial charge on any atom is -0.351 e. The number of piperazine rings is 1. The summed E-state index contributed by atoms with van der Waals surface area (Å²) in [4.78, 5) is 13.3. The van der Waals surface area contributed by atoms with E-state index in [9.17, 15) is 17.6 Å². The number of benzene rings is 1. The average molecular weight is 415 g/mol. The summed E-state index contributed by atoms with van der Waals surface area (Å²) in [6, 6.07) is 5.09. The maximum atomic E-state index is 13.4. The van der Waals surface area contributed by atoms with Crippen molar-refractivity contribution < 1.29 is 22.5 Å². The van der Waals surface area contributed by atoms with Gasteiger partial charge in [0, 0.05) is 6.54 Å². The zero-order chi connectivity index (χ0) is 20.6. The zero-order valence-corrected chi connectivity index (χ0v) is 17.7. The highest BCUT2D eigenvalue weighted by Crippen LogP contribution is 2.16. The van der Waals surface area contributed by atoms with E-state index in [1.165, 1.54) is 28.9 Å². The predicted octanol–water partition coefficient (Wildman–Crippen LogP) is 1.05. The van der Waals surface area contributed by atoms with E-state index in [0.717, 1.165) is 30.2 Å². The number of sulfonamides is 1. The largest absolute Gasteiger partial charge is 0.351 e. The monoisotopic (exact) mass is 414 g/mol. The molecule has 6 nitrogen and oxygen atoms in total. The van der Waals surface area contributed by atoms with Gasteiger partial charge in [-0.05, 0) is 30.5 Å². The van der Waals surface area contributed by atoms with Gasteiger partial charge in [0.15, 0.2) is 6.54 Å². The predicted molar refractivity (Wildman–Crippen MR) is 107 cm³/mol. The van der Waals surface area contributed by atoms with Crippen LogP contribution >= 0.6 is 0 Å². The van der Waals surface area contributed by atoms with Crippen molar-refractivity contribution in [2.45, 2.75) is 44.4 Å². The zero-order valence-electron chi connectivity index (χ0n) is 16.9. The molecule has 0 radical (unpaired) electrons. The van der Waals surface area contributed by atoms with Crippen LogP contribution in [0, 0.1) is 11.7 Å². The van der Waals surface area contributed by atoms with Gasteiger partial charge in [-0.25, -0.2) is 12.8 Å². The van der Waals surface area contributed by atoms with E-state index in [4.69, 9.17) is 0 Å². The molecule has 1 atom stereocenters. The Bertz CT molecular complexity index is 734. The number of hydrogen-bond donors (Lipinski definition) is 2. The Labute approximate surface area is 168 Å². The topological polar surface area (TPSA) is 70.9 Å². The van der Waals surface area contributed by atoms with Gasteiger partial charge < -0.3 is 10.2 Å². The SMILES string of the molecule is CCCC[C@H](CC)CNC(=O)C[NH+]1CCN(S(=O)(=O)c2cccc(F)c2)CC1. The first-order chi connectivity index (χ1) is 13.4. The number of hydrogen-bond acceptors (Lipinski definition) is 3. The highest BCUT2D eigenvalue weighted by molar-refractivity contribution is 7.89. The van der Waals surface area contributed by atoms with E-state index < -0.39 is 15.8 Å². The number of nitrogens with zero attached hydrogens (tertiary/aromatic N) is 1. The standard InChI is InChI=1S/C20H32FN3O3S/c1-3-5-7-17(4-2)15-22-20(25)16-23-10-12-24(13-11-23)28(26,27)19-9-6-8-18(21)14-19/h6,8-9,14,17H,3-5,7,10-13,15-16H2,1-2H3,(H,22,25)/p+1/t17-/m0/s1. The van der Waals surface area contributed by atoms with Gasteiger partial charge in [-0.1, -0.05) is 39.2 Å². The summed E-state index contributed by atoms with van der Waals surface area (Å²) in [5, 5.41) is 3.03. The Kier molecular flexibility index (Phi) is 8.85. The normalized spacial score (nSPS) is 17.4. The first kappa shape index (κ1) is 22.8. The molecule has 1 aromatic carbocycles. The lowest BCUT2D eigenvalue weighted by Gasteiger charge is -2.31. The van der Waals surface area contributed by atoms with E-state index in [-0.39, 0.29) is 10.8 Å². The first-order valence-electron chi connectivity index (χ1n) is 10.2. The van der Waals surface area contributed by atoms with Crippen molar-refractivity contribution in [2.75, 3.05) is 39.3 Å². The number of unbranched alkanes of at least 4 members (excludes halogenated alkanes) is 1. The number of carbonyl (C=O) groups is 1. The van der Waals surface area contributed by atoms with Gasteiger partial charge in [0.25, 0.3) is 5.91 Å².